The summed E-state index contributed by atoms with van der Waals surface area (Å²) >= 11 is 1.67. The van der Waals surface area contributed by atoms with Crippen molar-refractivity contribution < 1.29 is 5.11 Å². The maximum atomic E-state index is 12.8. The van der Waals surface area contributed by atoms with Gasteiger partial charge < -0.3 is 5.11 Å². The number of rotatable bonds is 2. The predicted molar refractivity (Wildman–Crippen MR) is 88.5 cm³/mol. The van der Waals surface area contributed by atoms with Crippen LogP contribution >= 0.6 is 11.3 Å². The molecule has 1 saturated carbocycles. The molecule has 0 amide bonds. The Hall–Kier alpha value is -1.20. The van der Waals surface area contributed by atoms with Crippen LogP contribution in [0.5, 0.6) is 0 Å². The Bertz CT molecular complexity index is 769. The third kappa shape index (κ3) is 2.31. The molecule has 1 fully saturated rings. The maximum absolute atomic E-state index is 12.8. The Labute approximate surface area is 133 Å². The summed E-state index contributed by atoms with van der Waals surface area (Å²) < 4.78 is 1.64. The van der Waals surface area contributed by atoms with Crippen LogP contribution in [0.3, 0.4) is 0 Å². The number of aliphatic hydroxyl groups is 1. The van der Waals surface area contributed by atoms with Crippen LogP contribution in [0, 0.1) is 5.92 Å². The lowest BCUT2D eigenvalue weighted by Crippen LogP contribution is -2.41. The molecule has 0 radical (unpaired) electrons. The van der Waals surface area contributed by atoms with Crippen molar-refractivity contribution >= 4 is 21.6 Å². The van der Waals surface area contributed by atoms with Crippen molar-refractivity contribution in [3.63, 3.8) is 0 Å². The Kier molecular flexibility index (Phi) is 3.38. The van der Waals surface area contributed by atoms with Crippen molar-refractivity contribution in [2.75, 3.05) is 0 Å². The zero-order valence-electron chi connectivity index (χ0n) is 13.0. The van der Waals surface area contributed by atoms with Crippen molar-refractivity contribution in [2.45, 2.75) is 64.0 Å². The Balaban J connectivity index is 1.71. The summed E-state index contributed by atoms with van der Waals surface area (Å²) in [4.78, 5) is 19.5. The third-order valence-electron chi connectivity index (χ3n) is 5.36. The molecule has 0 aliphatic heterocycles. The van der Waals surface area contributed by atoms with Crippen molar-refractivity contribution in [1.29, 1.82) is 0 Å². The fourth-order valence-corrected chi connectivity index (χ4v) is 5.13. The van der Waals surface area contributed by atoms with Gasteiger partial charge in [0.2, 0.25) is 0 Å². The fraction of sp³-hybridized carbons (Fsp3) is 0.647. The molecule has 118 valence electrons. The Morgan fingerprint density at radius 3 is 2.95 bits per heavy atom. The second kappa shape index (κ2) is 5.17. The summed E-state index contributed by atoms with van der Waals surface area (Å²) in [5.41, 5.74) is 0.512. The van der Waals surface area contributed by atoms with Crippen LogP contribution in [-0.2, 0) is 19.4 Å². The zero-order chi connectivity index (χ0) is 15.3. The van der Waals surface area contributed by atoms with Gasteiger partial charge in [-0.3, -0.25) is 9.36 Å². The summed E-state index contributed by atoms with van der Waals surface area (Å²) in [5.74, 6) is 0.678. The molecule has 5 heteroatoms. The van der Waals surface area contributed by atoms with E-state index < -0.39 is 5.60 Å². The predicted octanol–water partition coefficient (Wildman–Crippen LogP) is 2.89. The van der Waals surface area contributed by atoms with Gasteiger partial charge in [-0.1, -0.05) is 6.92 Å². The van der Waals surface area contributed by atoms with E-state index >= 15 is 0 Å². The van der Waals surface area contributed by atoms with E-state index in [1.807, 2.05) is 0 Å². The van der Waals surface area contributed by atoms with Gasteiger partial charge in [0.15, 0.2) is 0 Å². The van der Waals surface area contributed by atoms with Gasteiger partial charge >= 0.3 is 0 Å². The van der Waals surface area contributed by atoms with Gasteiger partial charge in [-0.2, -0.15) is 0 Å². The first kappa shape index (κ1) is 14.4. The molecule has 2 aromatic heterocycles. The molecule has 22 heavy (non-hydrogen) atoms. The van der Waals surface area contributed by atoms with E-state index in [0.717, 1.165) is 55.2 Å². The first-order valence-electron chi connectivity index (χ1n) is 8.28. The third-order valence-corrected chi connectivity index (χ3v) is 6.56. The highest BCUT2D eigenvalue weighted by Crippen LogP contribution is 2.35. The molecule has 2 aliphatic carbocycles. The molecule has 0 spiro atoms. The monoisotopic (exact) mass is 318 g/mol. The van der Waals surface area contributed by atoms with Gasteiger partial charge in [-0.15, -0.1) is 11.3 Å². The lowest BCUT2D eigenvalue weighted by molar-refractivity contribution is -0.0225. The number of hydrogen-bond donors (Lipinski definition) is 1. The fourth-order valence-electron chi connectivity index (χ4n) is 3.91. The van der Waals surface area contributed by atoms with E-state index in [1.165, 1.54) is 10.4 Å². The van der Waals surface area contributed by atoms with Gasteiger partial charge in [0.25, 0.3) is 5.56 Å². The molecule has 0 aromatic carbocycles. The molecule has 0 saturated heterocycles. The highest BCUT2D eigenvalue weighted by Gasteiger charge is 2.33. The number of aromatic nitrogens is 2. The normalized spacial score (nSPS) is 28.2. The second-order valence-corrected chi connectivity index (χ2v) is 8.21. The van der Waals surface area contributed by atoms with Crippen LogP contribution < -0.4 is 5.56 Å². The van der Waals surface area contributed by atoms with Crippen molar-refractivity contribution in [3.8, 4) is 0 Å². The molecule has 4 nitrogen and oxygen atoms in total. The van der Waals surface area contributed by atoms with Crippen LogP contribution in [0.2, 0.25) is 0 Å². The average Bonchev–Trinajstić information content (AvgIpc) is 3.06. The highest BCUT2D eigenvalue weighted by atomic mass is 32.1. The first-order chi connectivity index (χ1) is 10.6. The molecular weight excluding hydrogens is 296 g/mol. The van der Waals surface area contributed by atoms with E-state index in [-0.39, 0.29) is 5.56 Å². The summed E-state index contributed by atoms with van der Waals surface area (Å²) in [6, 6.07) is 0. The minimum absolute atomic E-state index is 0.0384. The molecule has 1 N–H and O–H groups in total. The van der Waals surface area contributed by atoms with Crippen LogP contribution in [0.1, 0.15) is 49.5 Å². The number of hydrogen-bond acceptors (Lipinski definition) is 4. The van der Waals surface area contributed by atoms with Crippen molar-refractivity contribution in [2.24, 2.45) is 5.92 Å². The van der Waals surface area contributed by atoms with E-state index in [0.29, 0.717) is 12.5 Å². The van der Waals surface area contributed by atoms with E-state index in [4.69, 9.17) is 0 Å². The van der Waals surface area contributed by atoms with Gasteiger partial charge in [0.05, 0.1) is 23.9 Å². The minimum atomic E-state index is -0.745. The average molecular weight is 318 g/mol. The van der Waals surface area contributed by atoms with Crippen LogP contribution in [0.25, 0.3) is 10.2 Å². The molecule has 0 atom stereocenters. The highest BCUT2D eigenvalue weighted by molar-refractivity contribution is 7.18. The Morgan fingerprint density at radius 1 is 1.41 bits per heavy atom. The topological polar surface area (TPSA) is 55.1 Å². The number of fused-ring (bicyclic) bond motifs is 3. The summed E-state index contributed by atoms with van der Waals surface area (Å²) in [6.07, 6.45) is 8.49. The van der Waals surface area contributed by atoms with Gasteiger partial charge in [0.1, 0.15) is 4.83 Å². The molecule has 0 bridgehead atoms. The molecule has 4 rings (SSSR count). The van der Waals surface area contributed by atoms with Crippen molar-refractivity contribution in [3.05, 3.63) is 27.1 Å². The molecular formula is C17H22N2O2S. The summed E-state index contributed by atoms with van der Waals surface area (Å²) in [7, 11) is 0. The smallest absolute Gasteiger partial charge is 0.262 e. The zero-order valence-corrected chi connectivity index (χ0v) is 13.8. The van der Waals surface area contributed by atoms with Gasteiger partial charge in [-0.05, 0) is 56.4 Å². The second-order valence-electron chi connectivity index (χ2n) is 7.12. The standard InChI is InChI=1S/C17H22N2O2S/c1-11-5-7-17(21,8-6-11)9-19-10-18-15-14(16(19)20)12-3-2-4-13(12)22-15/h10-11,21H,2-9H2,1H3. The van der Waals surface area contributed by atoms with E-state index in [2.05, 4.69) is 11.9 Å². The minimum Gasteiger partial charge on any atom is -0.388 e. The van der Waals surface area contributed by atoms with Crippen molar-refractivity contribution in [1.82, 2.24) is 9.55 Å². The van der Waals surface area contributed by atoms with E-state index in [9.17, 15) is 9.90 Å². The molecule has 0 unspecified atom stereocenters. The van der Waals surface area contributed by atoms with Crippen LogP contribution in [-0.4, -0.2) is 20.3 Å². The molecule has 2 heterocycles. The largest absolute Gasteiger partial charge is 0.388 e. The van der Waals surface area contributed by atoms with E-state index in [1.54, 1.807) is 22.2 Å². The lowest BCUT2D eigenvalue weighted by atomic mass is 9.79. The number of thiophene rings is 1. The van der Waals surface area contributed by atoms with Crippen LogP contribution in [0.15, 0.2) is 11.1 Å². The molecule has 2 aliphatic rings. The number of nitrogens with zero attached hydrogens (tertiary/aromatic N) is 2. The first-order valence-corrected chi connectivity index (χ1v) is 9.09. The summed E-state index contributed by atoms with van der Waals surface area (Å²) in [6.45, 7) is 2.61. The number of aryl methyl sites for hydroxylation is 2. The molecule has 2 aromatic rings. The SMILES string of the molecule is CC1CCC(O)(Cn2cnc3sc4c(c3c2=O)CCC4)CC1. The maximum Gasteiger partial charge on any atom is 0.262 e. The Morgan fingerprint density at radius 2 is 2.18 bits per heavy atom. The quantitative estimate of drug-likeness (QED) is 0.926. The van der Waals surface area contributed by atoms with Gasteiger partial charge in [-0.25, -0.2) is 4.98 Å². The summed E-state index contributed by atoms with van der Waals surface area (Å²) in [5, 5.41) is 11.6. The van der Waals surface area contributed by atoms with Gasteiger partial charge in [0, 0.05) is 4.88 Å². The lowest BCUT2D eigenvalue weighted by Gasteiger charge is -2.35. The van der Waals surface area contributed by atoms with Crippen LogP contribution in [0.4, 0.5) is 0 Å².